The average Bonchev–Trinajstić information content (AvgIpc) is 3.32. The molecule has 6 heteroatoms. The van der Waals surface area contributed by atoms with Gasteiger partial charge in [-0.05, 0) is 134 Å². The second kappa shape index (κ2) is 13.5. The number of hydrogen-bond donors (Lipinski definition) is 2. The van der Waals surface area contributed by atoms with Crippen molar-refractivity contribution < 1.29 is 19.1 Å². The molecular weight excluding hydrogens is 548 g/mol. The summed E-state index contributed by atoms with van der Waals surface area (Å²) in [6.07, 6.45) is 18.4. The quantitative estimate of drug-likeness (QED) is 0.157. The Morgan fingerprint density at radius 3 is 2.34 bits per heavy atom. The molecule has 0 bridgehead atoms. The fourth-order valence-corrected chi connectivity index (χ4v) is 10.7. The summed E-state index contributed by atoms with van der Waals surface area (Å²) in [5.74, 6) is 4.88. The van der Waals surface area contributed by atoms with E-state index in [9.17, 15) is 9.59 Å². The van der Waals surface area contributed by atoms with Crippen molar-refractivity contribution in [3.8, 4) is 0 Å². The molecule has 4 N–H and O–H groups in total. The number of anilines is 2. The van der Waals surface area contributed by atoms with E-state index in [0.717, 1.165) is 54.8 Å². The number of ether oxygens (including phenoxy) is 2. The first-order chi connectivity index (χ1) is 20.9. The molecule has 0 aromatic heterocycles. The normalized spacial score (nSPS) is 35.5. The molecule has 0 radical (unpaired) electrons. The lowest BCUT2D eigenvalue weighted by Crippen LogP contribution is -2.54. The van der Waals surface area contributed by atoms with Crippen LogP contribution >= 0.6 is 0 Å². The fraction of sp³-hybridized carbons (Fsp3) is 0.737. The van der Waals surface area contributed by atoms with E-state index >= 15 is 0 Å². The molecule has 1 aromatic rings. The Labute approximate surface area is 266 Å². The zero-order valence-corrected chi connectivity index (χ0v) is 28.0. The molecule has 0 aliphatic heterocycles. The second-order valence-corrected chi connectivity index (χ2v) is 15.9. The summed E-state index contributed by atoms with van der Waals surface area (Å²) < 4.78 is 11.2. The van der Waals surface area contributed by atoms with Crippen molar-refractivity contribution in [1.82, 2.24) is 0 Å². The molecule has 0 saturated heterocycles. The first kappa shape index (κ1) is 32.9. The molecule has 9 unspecified atom stereocenters. The highest BCUT2D eigenvalue weighted by Gasteiger charge is 2.60. The van der Waals surface area contributed by atoms with Crippen LogP contribution in [0.25, 0.3) is 0 Å². The van der Waals surface area contributed by atoms with Crippen LogP contribution < -0.4 is 11.5 Å². The smallest absolute Gasteiger partial charge is 0.338 e. The van der Waals surface area contributed by atoms with E-state index in [-0.39, 0.29) is 18.7 Å². The van der Waals surface area contributed by atoms with Gasteiger partial charge in [0.15, 0.2) is 0 Å². The Morgan fingerprint density at radius 1 is 0.909 bits per heavy atom. The molecule has 4 fully saturated rings. The molecule has 6 nitrogen and oxygen atoms in total. The first-order valence-corrected chi connectivity index (χ1v) is 17.6. The number of carbonyl (C=O) groups excluding carboxylic acids is 2. The van der Waals surface area contributed by atoms with Gasteiger partial charge in [0, 0.05) is 17.5 Å². The molecular formula is C38H58N2O4. The van der Waals surface area contributed by atoms with Crippen molar-refractivity contribution in [3.05, 3.63) is 35.9 Å². The Hall–Kier alpha value is -2.50. The minimum Gasteiger partial charge on any atom is -0.459 e. The Morgan fingerprint density at radius 2 is 1.61 bits per heavy atom. The van der Waals surface area contributed by atoms with Crippen LogP contribution in [0.15, 0.2) is 30.4 Å². The lowest BCUT2D eigenvalue weighted by molar-refractivity contribution is -0.158. The van der Waals surface area contributed by atoms with Gasteiger partial charge < -0.3 is 20.9 Å². The number of fused-ring (bicyclic) bond motifs is 5. The van der Waals surface area contributed by atoms with Crippen LogP contribution in [-0.2, 0) is 14.3 Å². The standard InChI is InChI=1S/C38H58N2O4/c1-24(2)8-6-9-25(3)32-13-14-33-31-12-11-27-22-30(15-17-37(27,4)34(31)16-18-38(32,33)5)44-35(41)10-7-19-43-36(42)26-20-28(39)23-29(40)21-26/h7,10,20-21,23-25,27,30-34H,6,8-9,11-19,22,39-40H2,1-5H3/b10-7+. The third-order valence-corrected chi connectivity index (χ3v) is 12.9. The molecule has 0 spiro atoms. The van der Waals surface area contributed by atoms with Gasteiger partial charge >= 0.3 is 11.9 Å². The van der Waals surface area contributed by atoms with Gasteiger partial charge in [0.1, 0.15) is 12.7 Å². The Kier molecular flexibility index (Phi) is 10.1. The Bertz CT molecular complexity index is 1190. The minimum atomic E-state index is -0.531. The molecule has 0 heterocycles. The number of hydrogen-bond acceptors (Lipinski definition) is 6. The highest BCUT2D eigenvalue weighted by Crippen LogP contribution is 2.68. The summed E-state index contributed by atoms with van der Waals surface area (Å²) in [5.41, 5.74) is 13.5. The summed E-state index contributed by atoms with van der Waals surface area (Å²) in [6.45, 7) is 12.5. The van der Waals surface area contributed by atoms with Gasteiger partial charge in [0.05, 0.1) is 5.56 Å². The fourth-order valence-electron chi connectivity index (χ4n) is 10.7. The van der Waals surface area contributed by atoms with Gasteiger partial charge in [-0.25, -0.2) is 9.59 Å². The largest absolute Gasteiger partial charge is 0.459 e. The molecule has 244 valence electrons. The maximum atomic E-state index is 12.6. The molecule has 0 amide bonds. The zero-order chi connectivity index (χ0) is 31.6. The van der Waals surface area contributed by atoms with Crippen molar-refractivity contribution in [3.63, 3.8) is 0 Å². The summed E-state index contributed by atoms with van der Waals surface area (Å²) in [5, 5.41) is 0. The zero-order valence-electron chi connectivity index (χ0n) is 28.0. The molecule has 9 atom stereocenters. The van der Waals surface area contributed by atoms with Crippen LogP contribution in [0.2, 0.25) is 0 Å². The summed E-state index contributed by atoms with van der Waals surface area (Å²) in [6, 6.07) is 4.62. The van der Waals surface area contributed by atoms with E-state index in [2.05, 4.69) is 34.6 Å². The van der Waals surface area contributed by atoms with Gasteiger partial charge in [-0.15, -0.1) is 0 Å². The van der Waals surface area contributed by atoms with Crippen LogP contribution in [0.4, 0.5) is 11.4 Å². The first-order valence-electron chi connectivity index (χ1n) is 17.6. The SMILES string of the molecule is CC(C)CCCC(C)C1CCC2C3CCC4CC(OC(=O)/C=C/COC(=O)c5cc(N)cc(N)c5)CCC4(C)C3CCC12C. The highest BCUT2D eigenvalue weighted by molar-refractivity contribution is 5.91. The van der Waals surface area contributed by atoms with E-state index in [4.69, 9.17) is 20.9 Å². The number of nitrogens with two attached hydrogens (primary N) is 2. The van der Waals surface area contributed by atoms with Crippen molar-refractivity contribution in [2.45, 2.75) is 118 Å². The van der Waals surface area contributed by atoms with Gasteiger partial charge in [0.25, 0.3) is 0 Å². The number of carbonyl (C=O) groups is 2. The maximum absolute atomic E-state index is 12.6. The van der Waals surface area contributed by atoms with E-state index in [1.807, 2.05) is 0 Å². The van der Waals surface area contributed by atoms with E-state index < -0.39 is 5.97 Å². The van der Waals surface area contributed by atoms with E-state index in [1.54, 1.807) is 6.07 Å². The lowest BCUT2D eigenvalue weighted by Gasteiger charge is -2.61. The molecule has 4 aliphatic carbocycles. The predicted molar refractivity (Wildman–Crippen MR) is 178 cm³/mol. The highest BCUT2D eigenvalue weighted by atomic mass is 16.5. The van der Waals surface area contributed by atoms with Crippen molar-refractivity contribution >= 4 is 23.3 Å². The average molecular weight is 607 g/mol. The lowest BCUT2D eigenvalue weighted by atomic mass is 9.44. The Balaban J connectivity index is 1.11. The van der Waals surface area contributed by atoms with Crippen LogP contribution in [-0.4, -0.2) is 24.6 Å². The molecule has 44 heavy (non-hydrogen) atoms. The van der Waals surface area contributed by atoms with Gasteiger partial charge in [-0.2, -0.15) is 0 Å². The number of rotatable bonds is 10. The van der Waals surface area contributed by atoms with Crippen molar-refractivity contribution in [1.29, 1.82) is 0 Å². The van der Waals surface area contributed by atoms with Crippen LogP contribution in [0, 0.1) is 52.3 Å². The van der Waals surface area contributed by atoms with E-state index in [0.29, 0.717) is 33.7 Å². The molecule has 5 rings (SSSR count). The third kappa shape index (κ3) is 6.84. The van der Waals surface area contributed by atoms with Crippen LogP contribution in [0.3, 0.4) is 0 Å². The van der Waals surface area contributed by atoms with Crippen molar-refractivity contribution in [2.24, 2.45) is 52.3 Å². The number of nitrogen functional groups attached to an aromatic ring is 2. The van der Waals surface area contributed by atoms with Gasteiger partial charge in [-0.1, -0.05) is 53.9 Å². The van der Waals surface area contributed by atoms with E-state index in [1.165, 1.54) is 82.1 Å². The van der Waals surface area contributed by atoms with Gasteiger partial charge in [-0.3, -0.25) is 0 Å². The second-order valence-electron chi connectivity index (χ2n) is 15.9. The predicted octanol–water partition coefficient (Wildman–Crippen LogP) is 8.60. The topological polar surface area (TPSA) is 105 Å². The van der Waals surface area contributed by atoms with Crippen LogP contribution in [0.5, 0.6) is 0 Å². The van der Waals surface area contributed by atoms with Crippen molar-refractivity contribution in [2.75, 3.05) is 18.1 Å². The minimum absolute atomic E-state index is 0.0191. The molecule has 4 aliphatic rings. The third-order valence-electron chi connectivity index (χ3n) is 12.9. The maximum Gasteiger partial charge on any atom is 0.338 e. The number of benzene rings is 1. The molecule has 4 saturated carbocycles. The van der Waals surface area contributed by atoms with Gasteiger partial charge in [0.2, 0.25) is 0 Å². The molecule has 1 aromatic carbocycles. The number of esters is 2. The van der Waals surface area contributed by atoms with Crippen LogP contribution in [0.1, 0.15) is 122 Å². The monoisotopic (exact) mass is 606 g/mol. The summed E-state index contributed by atoms with van der Waals surface area (Å²) in [7, 11) is 0. The summed E-state index contributed by atoms with van der Waals surface area (Å²) >= 11 is 0. The summed E-state index contributed by atoms with van der Waals surface area (Å²) in [4.78, 5) is 24.9.